The molecule has 2 heterocycles. The Labute approximate surface area is 127 Å². The highest BCUT2D eigenvalue weighted by molar-refractivity contribution is 5.84. The maximum absolute atomic E-state index is 13.2. The Kier molecular flexibility index (Phi) is 3.75. The number of halogens is 2. The van der Waals surface area contributed by atoms with Gasteiger partial charge in [-0.15, -0.1) is 0 Å². The molecular formula is C14H9F2N3O4. The highest BCUT2D eigenvalue weighted by Gasteiger charge is 2.20. The molecular weight excluding hydrogens is 312 g/mol. The number of nitrogens with zero attached hydrogens (tertiary/aromatic N) is 3. The predicted molar refractivity (Wildman–Crippen MR) is 72.6 cm³/mol. The Morgan fingerprint density at radius 3 is 2.65 bits per heavy atom. The summed E-state index contributed by atoms with van der Waals surface area (Å²) >= 11 is 0. The summed E-state index contributed by atoms with van der Waals surface area (Å²) in [7, 11) is 0. The largest absolute Gasteiger partial charge is 0.465 e. The molecule has 118 valence electrons. The molecule has 0 fully saturated rings. The molecule has 1 amide bonds. The van der Waals surface area contributed by atoms with Crippen LogP contribution < -0.4 is 4.90 Å². The van der Waals surface area contributed by atoms with Gasteiger partial charge in [-0.05, 0) is 18.2 Å². The van der Waals surface area contributed by atoms with Gasteiger partial charge in [0, 0.05) is 17.7 Å². The third kappa shape index (κ3) is 3.03. The van der Waals surface area contributed by atoms with E-state index in [4.69, 9.17) is 4.52 Å². The van der Waals surface area contributed by atoms with Crippen LogP contribution in [0.15, 0.2) is 45.6 Å². The standard InChI is InChI=1S/C14H9F2N3O4/c15-10-2-1-8(5-11(10)16)12-6-9(23-17-12)7-19(14(20)21)13-3-4-22-18-13/h1-6H,7H2,(H,20,21). The molecule has 0 unspecified atom stereocenters. The molecule has 0 atom stereocenters. The molecule has 0 aliphatic carbocycles. The van der Waals surface area contributed by atoms with Gasteiger partial charge in [-0.25, -0.2) is 13.6 Å². The molecule has 1 aromatic carbocycles. The Hall–Kier alpha value is -3.23. The van der Waals surface area contributed by atoms with Gasteiger partial charge < -0.3 is 14.2 Å². The molecule has 0 aliphatic heterocycles. The van der Waals surface area contributed by atoms with E-state index in [1.54, 1.807) is 0 Å². The van der Waals surface area contributed by atoms with Crippen molar-refractivity contribution in [3.05, 3.63) is 54.0 Å². The van der Waals surface area contributed by atoms with Crippen LogP contribution in [0.1, 0.15) is 5.76 Å². The minimum Gasteiger partial charge on any atom is -0.465 e. The normalized spacial score (nSPS) is 10.7. The van der Waals surface area contributed by atoms with Crippen molar-refractivity contribution in [3.8, 4) is 11.3 Å². The zero-order chi connectivity index (χ0) is 16.4. The number of aromatic nitrogens is 2. The molecule has 9 heteroatoms. The lowest BCUT2D eigenvalue weighted by molar-refractivity contribution is 0.200. The van der Waals surface area contributed by atoms with E-state index in [1.165, 1.54) is 24.5 Å². The number of anilines is 1. The SMILES string of the molecule is O=C(O)N(Cc1cc(-c2ccc(F)c(F)c2)no1)c1ccon1. The Balaban J connectivity index is 1.83. The summed E-state index contributed by atoms with van der Waals surface area (Å²) in [6.45, 7) is -0.168. The number of carboxylic acid groups (broad SMARTS) is 1. The van der Waals surface area contributed by atoms with E-state index in [2.05, 4.69) is 14.8 Å². The van der Waals surface area contributed by atoms with Crippen LogP contribution in [0.5, 0.6) is 0 Å². The third-order valence-corrected chi connectivity index (χ3v) is 3.02. The summed E-state index contributed by atoms with van der Waals surface area (Å²) < 4.78 is 35.8. The first-order valence-corrected chi connectivity index (χ1v) is 6.36. The molecule has 23 heavy (non-hydrogen) atoms. The molecule has 0 saturated carbocycles. The van der Waals surface area contributed by atoms with Crippen LogP contribution in [0.2, 0.25) is 0 Å². The summed E-state index contributed by atoms with van der Waals surface area (Å²) in [6, 6.07) is 6.09. The first kappa shape index (κ1) is 14.7. The molecule has 3 rings (SSSR count). The van der Waals surface area contributed by atoms with Crippen molar-refractivity contribution in [3.63, 3.8) is 0 Å². The lowest BCUT2D eigenvalue weighted by atomic mass is 10.1. The predicted octanol–water partition coefficient (Wildman–Crippen LogP) is 3.29. The fourth-order valence-corrected chi connectivity index (χ4v) is 1.93. The summed E-state index contributed by atoms with van der Waals surface area (Å²) in [5, 5.41) is 16.4. The number of carbonyl (C=O) groups is 1. The Bertz CT molecular complexity index is 832. The second kappa shape index (κ2) is 5.87. The van der Waals surface area contributed by atoms with Gasteiger partial charge in [0.1, 0.15) is 12.0 Å². The maximum atomic E-state index is 13.2. The summed E-state index contributed by atoms with van der Waals surface area (Å²) in [5.41, 5.74) is 0.562. The average Bonchev–Trinajstić information content (AvgIpc) is 3.18. The highest BCUT2D eigenvalue weighted by atomic mass is 19.2. The van der Waals surface area contributed by atoms with E-state index < -0.39 is 17.7 Å². The van der Waals surface area contributed by atoms with Crippen LogP contribution in [0.3, 0.4) is 0 Å². The minimum atomic E-state index is -1.26. The van der Waals surface area contributed by atoms with Crippen molar-refractivity contribution < 1.29 is 27.7 Å². The molecule has 3 aromatic rings. The summed E-state index contributed by atoms with van der Waals surface area (Å²) in [4.78, 5) is 12.1. The van der Waals surface area contributed by atoms with Crippen molar-refractivity contribution in [2.24, 2.45) is 0 Å². The molecule has 0 spiro atoms. The third-order valence-electron chi connectivity index (χ3n) is 3.02. The van der Waals surface area contributed by atoms with Gasteiger partial charge in [0.15, 0.2) is 23.2 Å². The number of rotatable bonds is 4. The fraction of sp³-hybridized carbons (Fsp3) is 0.0714. The molecule has 0 bridgehead atoms. The molecule has 1 N–H and O–H groups in total. The summed E-state index contributed by atoms with van der Waals surface area (Å²) in [5.74, 6) is -1.69. The van der Waals surface area contributed by atoms with Crippen molar-refractivity contribution in [1.82, 2.24) is 10.3 Å². The van der Waals surface area contributed by atoms with Gasteiger partial charge in [0.2, 0.25) is 0 Å². The Morgan fingerprint density at radius 2 is 2.00 bits per heavy atom. The van der Waals surface area contributed by atoms with Crippen LogP contribution >= 0.6 is 0 Å². The summed E-state index contributed by atoms with van der Waals surface area (Å²) in [6.07, 6.45) is -0.0251. The number of hydrogen-bond acceptors (Lipinski definition) is 5. The van der Waals surface area contributed by atoms with E-state index in [-0.39, 0.29) is 23.8 Å². The van der Waals surface area contributed by atoms with Crippen molar-refractivity contribution in [2.45, 2.75) is 6.54 Å². The van der Waals surface area contributed by atoms with Crippen LogP contribution in [-0.2, 0) is 6.54 Å². The molecule has 2 aromatic heterocycles. The second-order valence-electron chi connectivity index (χ2n) is 4.53. The van der Waals surface area contributed by atoms with Crippen LogP contribution in [0.4, 0.5) is 19.4 Å². The van der Waals surface area contributed by atoms with E-state index >= 15 is 0 Å². The first-order chi connectivity index (χ1) is 11.0. The average molecular weight is 321 g/mol. The van der Waals surface area contributed by atoms with Crippen LogP contribution in [0.25, 0.3) is 11.3 Å². The highest BCUT2D eigenvalue weighted by Crippen LogP contribution is 2.23. The van der Waals surface area contributed by atoms with Crippen molar-refractivity contribution >= 4 is 11.9 Å². The monoisotopic (exact) mass is 321 g/mol. The van der Waals surface area contributed by atoms with E-state index in [1.807, 2.05) is 0 Å². The zero-order valence-corrected chi connectivity index (χ0v) is 11.4. The van der Waals surface area contributed by atoms with Crippen LogP contribution in [-0.4, -0.2) is 21.5 Å². The number of amides is 1. The van der Waals surface area contributed by atoms with E-state index in [0.29, 0.717) is 5.56 Å². The first-order valence-electron chi connectivity index (χ1n) is 6.36. The molecule has 7 nitrogen and oxygen atoms in total. The van der Waals surface area contributed by atoms with Gasteiger partial charge in [-0.3, -0.25) is 4.90 Å². The van der Waals surface area contributed by atoms with Gasteiger partial charge in [-0.1, -0.05) is 10.3 Å². The van der Waals surface area contributed by atoms with Crippen molar-refractivity contribution in [1.29, 1.82) is 0 Å². The van der Waals surface area contributed by atoms with E-state index in [0.717, 1.165) is 17.0 Å². The van der Waals surface area contributed by atoms with Crippen molar-refractivity contribution in [2.75, 3.05) is 4.90 Å². The van der Waals surface area contributed by atoms with Gasteiger partial charge in [0.25, 0.3) is 0 Å². The molecule has 0 saturated heterocycles. The van der Waals surface area contributed by atoms with E-state index in [9.17, 15) is 18.7 Å². The second-order valence-corrected chi connectivity index (χ2v) is 4.53. The van der Waals surface area contributed by atoms with Gasteiger partial charge >= 0.3 is 6.09 Å². The fourth-order valence-electron chi connectivity index (χ4n) is 1.93. The number of hydrogen-bond donors (Lipinski definition) is 1. The van der Waals surface area contributed by atoms with Crippen LogP contribution in [0, 0.1) is 11.6 Å². The van der Waals surface area contributed by atoms with Gasteiger partial charge in [0.05, 0.1) is 6.54 Å². The maximum Gasteiger partial charge on any atom is 0.413 e. The smallest absolute Gasteiger partial charge is 0.413 e. The lowest BCUT2D eigenvalue weighted by Crippen LogP contribution is -2.28. The molecule has 0 radical (unpaired) electrons. The van der Waals surface area contributed by atoms with Gasteiger partial charge in [-0.2, -0.15) is 0 Å². The lowest BCUT2D eigenvalue weighted by Gasteiger charge is -2.12. The topological polar surface area (TPSA) is 92.6 Å². The Morgan fingerprint density at radius 1 is 1.17 bits per heavy atom. The molecule has 0 aliphatic rings. The zero-order valence-electron chi connectivity index (χ0n) is 11.4. The number of benzene rings is 1. The minimum absolute atomic E-state index is 0.0864. The quantitative estimate of drug-likeness (QED) is 0.792.